The van der Waals surface area contributed by atoms with E-state index in [-0.39, 0.29) is 25.4 Å². The van der Waals surface area contributed by atoms with E-state index >= 15 is 0 Å². The summed E-state index contributed by atoms with van der Waals surface area (Å²) in [5, 5.41) is 2.74. The number of carbonyl (C=O) groups is 1. The first-order valence-electron chi connectivity index (χ1n) is 9.11. The lowest BCUT2D eigenvalue weighted by molar-refractivity contribution is -0.137. The molecular formula is C21H21F3N2O3. The molecule has 0 spiro atoms. The van der Waals surface area contributed by atoms with Gasteiger partial charge >= 0.3 is 11.9 Å². The van der Waals surface area contributed by atoms with Gasteiger partial charge in [0.15, 0.2) is 5.58 Å². The van der Waals surface area contributed by atoms with Crippen molar-refractivity contribution in [3.63, 3.8) is 0 Å². The van der Waals surface area contributed by atoms with Crippen LogP contribution in [0, 0.1) is 0 Å². The van der Waals surface area contributed by atoms with Crippen LogP contribution in [0.4, 0.5) is 13.2 Å². The number of nitrogens with zero attached hydrogens (tertiary/aromatic N) is 1. The van der Waals surface area contributed by atoms with Crippen LogP contribution < -0.4 is 11.1 Å². The molecule has 0 bridgehead atoms. The van der Waals surface area contributed by atoms with E-state index in [2.05, 4.69) is 5.32 Å². The summed E-state index contributed by atoms with van der Waals surface area (Å²) in [5.41, 5.74) is 0.110. The van der Waals surface area contributed by atoms with Crippen LogP contribution in [0.3, 0.4) is 0 Å². The van der Waals surface area contributed by atoms with Gasteiger partial charge in [-0.25, -0.2) is 4.79 Å². The van der Waals surface area contributed by atoms with Gasteiger partial charge in [0.25, 0.3) is 0 Å². The fourth-order valence-corrected chi connectivity index (χ4v) is 3.07. The lowest BCUT2D eigenvalue weighted by atomic mass is 9.83. The molecule has 1 heterocycles. The monoisotopic (exact) mass is 406 g/mol. The van der Waals surface area contributed by atoms with E-state index in [1.165, 1.54) is 10.6 Å². The molecule has 0 aliphatic heterocycles. The fourth-order valence-electron chi connectivity index (χ4n) is 3.07. The summed E-state index contributed by atoms with van der Waals surface area (Å²) in [7, 11) is 0. The molecule has 0 fully saturated rings. The minimum atomic E-state index is -4.42. The van der Waals surface area contributed by atoms with E-state index in [0.717, 1.165) is 12.1 Å². The van der Waals surface area contributed by atoms with Crippen molar-refractivity contribution in [1.29, 1.82) is 0 Å². The summed E-state index contributed by atoms with van der Waals surface area (Å²) >= 11 is 0. The van der Waals surface area contributed by atoms with Crippen LogP contribution >= 0.6 is 0 Å². The minimum Gasteiger partial charge on any atom is -0.408 e. The number of nitrogens with one attached hydrogen (secondary N) is 1. The maximum atomic E-state index is 12.9. The Balaban J connectivity index is 1.62. The zero-order chi connectivity index (χ0) is 21.2. The van der Waals surface area contributed by atoms with Crippen LogP contribution in [0.25, 0.3) is 11.1 Å². The number of amides is 1. The Labute approximate surface area is 165 Å². The van der Waals surface area contributed by atoms with Gasteiger partial charge in [0, 0.05) is 24.9 Å². The van der Waals surface area contributed by atoms with Gasteiger partial charge in [0.05, 0.1) is 11.1 Å². The highest BCUT2D eigenvalue weighted by Gasteiger charge is 2.32. The predicted octanol–water partition coefficient (Wildman–Crippen LogP) is 4.10. The topological polar surface area (TPSA) is 64.2 Å². The number of rotatable bonds is 6. The van der Waals surface area contributed by atoms with Crippen LogP contribution in [-0.2, 0) is 22.9 Å². The highest BCUT2D eigenvalue weighted by Crippen LogP contribution is 2.32. The Kier molecular flexibility index (Phi) is 5.55. The lowest BCUT2D eigenvalue weighted by Gasteiger charge is -2.26. The lowest BCUT2D eigenvalue weighted by Crippen LogP contribution is -2.37. The normalized spacial score (nSPS) is 12.3. The molecular weight excluding hydrogens is 385 g/mol. The second kappa shape index (κ2) is 7.77. The van der Waals surface area contributed by atoms with E-state index < -0.39 is 22.9 Å². The summed E-state index contributed by atoms with van der Waals surface area (Å²) in [6.45, 7) is 3.83. The average molecular weight is 406 g/mol. The van der Waals surface area contributed by atoms with Crippen molar-refractivity contribution in [2.45, 2.75) is 38.4 Å². The summed E-state index contributed by atoms with van der Waals surface area (Å²) in [5.74, 6) is -0.842. The van der Waals surface area contributed by atoms with Crippen molar-refractivity contribution in [2.75, 3.05) is 6.54 Å². The molecule has 154 valence electrons. The first kappa shape index (κ1) is 20.7. The van der Waals surface area contributed by atoms with Crippen LogP contribution in [0.15, 0.2) is 57.7 Å². The molecule has 5 nitrogen and oxygen atoms in total. The van der Waals surface area contributed by atoms with Crippen molar-refractivity contribution in [2.24, 2.45) is 0 Å². The zero-order valence-electron chi connectivity index (χ0n) is 16.0. The quantitative estimate of drug-likeness (QED) is 0.671. The van der Waals surface area contributed by atoms with E-state index in [4.69, 9.17) is 4.42 Å². The Morgan fingerprint density at radius 3 is 2.48 bits per heavy atom. The highest BCUT2D eigenvalue weighted by molar-refractivity contribution is 5.77. The summed E-state index contributed by atoms with van der Waals surface area (Å²) in [4.78, 5) is 24.2. The summed E-state index contributed by atoms with van der Waals surface area (Å²) < 4.78 is 45.3. The molecule has 8 heteroatoms. The van der Waals surface area contributed by atoms with Gasteiger partial charge in [-0.05, 0) is 23.8 Å². The van der Waals surface area contributed by atoms with Crippen molar-refractivity contribution >= 4 is 17.0 Å². The molecule has 1 N–H and O–H groups in total. The number of para-hydroxylation sites is 2. The number of benzene rings is 2. The minimum absolute atomic E-state index is 0.0438. The average Bonchev–Trinajstić information content (AvgIpc) is 2.99. The zero-order valence-corrected chi connectivity index (χ0v) is 16.0. The first-order chi connectivity index (χ1) is 13.6. The van der Waals surface area contributed by atoms with Crippen molar-refractivity contribution < 1.29 is 22.4 Å². The van der Waals surface area contributed by atoms with E-state index in [0.29, 0.717) is 16.7 Å². The van der Waals surface area contributed by atoms with Gasteiger partial charge in [-0.15, -0.1) is 0 Å². The SMILES string of the molecule is CC(C)(CNC(=O)CCn1c(=O)oc2ccccc21)c1cccc(C(F)(F)F)c1. The maximum Gasteiger partial charge on any atom is 0.419 e. The highest BCUT2D eigenvalue weighted by atomic mass is 19.4. The molecule has 1 amide bonds. The second-order valence-corrected chi connectivity index (χ2v) is 7.48. The van der Waals surface area contributed by atoms with Crippen LogP contribution in [0.2, 0.25) is 0 Å². The number of halogens is 3. The third-order valence-corrected chi connectivity index (χ3v) is 4.84. The Bertz CT molecular complexity index is 1080. The Hall–Kier alpha value is -3.03. The second-order valence-electron chi connectivity index (χ2n) is 7.48. The third-order valence-electron chi connectivity index (χ3n) is 4.84. The van der Waals surface area contributed by atoms with Crippen molar-refractivity contribution in [3.8, 4) is 0 Å². The van der Waals surface area contributed by atoms with E-state index in [9.17, 15) is 22.8 Å². The van der Waals surface area contributed by atoms with Gasteiger partial charge in [0.2, 0.25) is 5.91 Å². The molecule has 3 rings (SSSR count). The molecule has 3 aromatic rings. The predicted molar refractivity (Wildman–Crippen MR) is 103 cm³/mol. The molecule has 0 unspecified atom stereocenters. The van der Waals surface area contributed by atoms with Crippen LogP contribution in [-0.4, -0.2) is 17.0 Å². The molecule has 0 aliphatic carbocycles. The molecule has 1 aromatic heterocycles. The Morgan fingerprint density at radius 2 is 1.76 bits per heavy atom. The number of hydrogen-bond donors (Lipinski definition) is 1. The van der Waals surface area contributed by atoms with Crippen LogP contribution in [0.1, 0.15) is 31.4 Å². The number of alkyl halides is 3. The number of carbonyl (C=O) groups excluding carboxylic acids is 1. The van der Waals surface area contributed by atoms with Gasteiger partial charge in [-0.1, -0.05) is 44.2 Å². The molecule has 2 aromatic carbocycles. The molecule has 0 saturated heterocycles. The molecule has 0 atom stereocenters. The smallest absolute Gasteiger partial charge is 0.408 e. The molecule has 29 heavy (non-hydrogen) atoms. The molecule has 0 aliphatic rings. The van der Waals surface area contributed by atoms with Gasteiger partial charge < -0.3 is 9.73 Å². The molecule has 0 saturated carbocycles. The number of fused-ring (bicyclic) bond motifs is 1. The van der Waals surface area contributed by atoms with Crippen molar-refractivity contribution in [3.05, 3.63) is 70.2 Å². The fraction of sp³-hybridized carbons (Fsp3) is 0.333. The van der Waals surface area contributed by atoms with Crippen molar-refractivity contribution in [1.82, 2.24) is 9.88 Å². The van der Waals surface area contributed by atoms with E-state index in [1.807, 2.05) is 0 Å². The third kappa shape index (κ3) is 4.70. The number of hydrogen-bond acceptors (Lipinski definition) is 3. The summed E-state index contributed by atoms with van der Waals surface area (Å²) in [6.07, 6.45) is -4.38. The Morgan fingerprint density at radius 1 is 1.07 bits per heavy atom. The first-order valence-corrected chi connectivity index (χ1v) is 9.11. The van der Waals surface area contributed by atoms with Gasteiger partial charge in [-0.3, -0.25) is 9.36 Å². The number of oxazole rings is 1. The summed E-state index contributed by atoms with van der Waals surface area (Å²) in [6, 6.07) is 12.0. The van der Waals surface area contributed by atoms with Gasteiger partial charge in [0.1, 0.15) is 0 Å². The van der Waals surface area contributed by atoms with Gasteiger partial charge in [-0.2, -0.15) is 13.2 Å². The maximum absolute atomic E-state index is 12.9. The van der Waals surface area contributed by atoms with E-state index in [1.54, 1.807) is 44.2 Å². The number of aryl methyl sites for hydroxylation is 1. The largest absolute Gasteiger partial charge is 0.419 e. The van der Waals surface area contributed by atoms with Crippen LogP contribution in [0.5, 0.6) is 0 Å². The molecule has 0 radical (unpaired) electrons. The number of aromatic nitrogens is 1. The standard InChI is InChI=1S/C21H21F3N2O3/c1-20(2,14-6-5-7-15(12-14)21(22,23)24)13-25-18(27)10-11-26-16-8-3-4-9-17(16)29-19(26)28/h3-9,12H,10-11,13H2,1-2H3,(H,25,27).